The van der Waals surface area contributed by atoms with Crippen LogP contribution in [0.3, 0.4) is 0 Å². The molecule has 124 valence electrons. The number of nitrogens with one attached hydrogen (secondary N) is 1. The Hall–Kier alpha value is -1.09. The van der Waals surface area contributed by atoms with E-state index in [1.807, 2.05) is 0 Å². The summed E-state index contributed by atoms with van der Waals surface area (Å²) in [7, 11) is -2.10. The van der Waals surface area contributed by atoms with Gasteiger partial charge in [-0.25, -0.2) is 21.9 Å². The highest BCUT2D eigenvalue weighted by Gasteiger charge is 2.23. The van der Waals surface area contributed by atoms with Crippen LogP contribution in [0.2, 0.25) is 0 Å². The molecule has 1 aromatic rings. The monoisotopic (exact) mass is 333 g/mol. The van der Waals surface area contributed by atoms with Gasteiger partial charge in [0.1, 0.15) is 11.6 Å². The lowest BCUT2D eigenvalue weighted by molar-refractivity contribution is 0.153. The molecule has 1 aromatic carbocycles. The number of sulfonamides is 1. The molecule has 1 N–H and O–H groups in total. The van der Waals surface area contributed by atoms with Crippen molar-refractivity contribution in [2.75, 3.05) is 46.3 Å². The molecule has 0 amide bonds. The van der Waals surface area contributed by atoms with Gasteiger partial charge in [-0.2, -0.15) is 0 Å². The van der Waals surface area contributed by atoms with E-state index in [0.717, 1.165) is 50.9 Å². The highest BCUT2D eigenvalue weighted by Crippen LogP contribution is 2.17. The van der Waals surface area contributed by atoms with Crippen LogP contribution in [0.5, 0.6) is 0 Å². The Labute approximate surface area is 130 Å². The quantitative estimate of drug-likeness (QED) is 0.786. The molecular formula is C14H21F2N3O2S. The van der Waals surface area contributed by atoms with E-state index in [9.17, 15) is 17.2 Å². The van der Waals surface area contributed by atoms with Crippen molar-refractivity contribution in [2.24, 2.45) is 0 Å². The van der Waals surface area contributed by atoms with Crippen LogP contribution in [-0.2, 0) is 10.0 Å². The summed E-state index contributed by atoms with van der Waals surface area (Å²) in [5.41, 5.74) is 0. The molecule has 0 saturated carbocycles. The number of nitrogens with zero attached hydrogens (tertiary/aromatic N) is 2. The van der Waals surface area contributed by atoms with Gasteiger partial charge in [-0.05, 0) is 32.1 Å². The van der Waals surface area contributed by atoms with E-state index in [-0.39, 0.29) is 6.54 Å². The second-order valence-electron chi connectivity index (χ2n) is 5.45. The molecule has 0 bridgehead atoms. The van der Waals surface area contributed by atoms with Crippen LogP contribution in [0.15, 0.2) is 23.1 Å². The summed E-state index contributed by atoms with van der Waals surface area (Å²) in [5, 5.41) is 0. The zero-order valence-corrected chi connectivity index (χ0v) is 13.4. The number of likely N-dealkylation sites (N-methyl/N-ethyl adjacent to an activating group) is 1. The van der Waals surface area contributed by atoms with Gasteiger partial charge in [0.25, 0.3) is 0 Å². The van der Waals surface area contributed by atoms with Crippen LogP contribution in [0.1, 0.15) is 6.42 Å². The first-order valence-corrected chi connectivity index (χ1v) is 8.73. The summed E-state index contributed by atoms with van der Waals surface area (Å²) < 4.78 is 53.2. The fraction of sp³-hybridized carbons (Fsp3) is 0.571. The maximum Gasteiger partial charge on any atom is 0.246 e. The summed E-state index contributed by atoms with van der Waals surface area (Å²) >= 11 is 0. The van der Waals surface area contributed by atoms with Crippen molar-refractivity contribution < 1.29 is 17.2 Å². The molecular weight excluding hydrogens is 312 g/mol. The minimum absolute atomic E-state index is 0.155. The predicted octanol–water partition coefficient (Wildman–Crippen LogP) is 0.881. The highest BCUT2D eigenvalue weighted by molar-refractivity contribution is 7.89. The van der Waals surface area contributed by atoms with Crippen LogP contribution < -0.4 is 4.72 Å². The van der Waals surface area contributed by atoms with Gasteiger partial charge in [0.2, 0.25) is 10.0 Å². The molecule has 1 heterocycles. The lowest BCUT2D eigenvalue weighted by Crippen LogP contribution is -2.45. The Kier molecular flexibility index (Phi) is 5.85. The number of hydrogen-bond acceptors (Lipinski definition) is 4. The number of rotatable bonds is 6. The second kappa shape index (κ2) is 7.45. The Morgan fingerprint density at radius 1 is 1.14 bits per heavy atom. The summed E-state index contributed by atoms with van der Waals surface area (Å²) in [6.07, 6.45) is 0.596. The van der Waals surface area contributed by atoms with Crippen molar-refractivity contribution in [3.8, 4) is 0 Å². The van der Waals surface area contributed by atoms with Crippen molar-refractivity contribution >= 4 is 10.0 Å². The maximum atomic E-state index is 13.5. The Morgan fingerprint density at radius 2 is 1.73 bits per heavy atom. The fourth-order valence-electron chi connectivity index (χ4n) is 2.39. The minimum atomic E-state index is -4.16. The number of hydrogen-bond donors (Lipinski definition) is 1. The Morgan fingerprint density at radius 3 is 2.32 bits per heavy atom. The first-order valence-electron chi connectivity index (χ1n) is 7.25. The first-order chi connectivity index (χ1) is 10.4. The zero-order valence-electron chi connectivity index (χ0n) is 12.6. The van der Waals surface area contributed by atoms with Crippen molar-refractivity contribution in [3.05, 3.63) is 29.8 Å². The highest BCUT2D eigenvalue weighted by atomic mass is 32.2. The maximum absolute atomic E-state index is 13.5. The molecule has 1 aliphatic rings. The molecule has 22 heavy (non-hydrogen) atoms. The lowest BCUT2D eigenvalue weighted by Gasteiger charge is -2.32. The third-order valence-corrected chi connectivity index (χ3v) is 5.24. The number of benzene rings is 1. The van der Waals surface area contributed by atoms with E-state index in [1.165, 1.54) is 0 Å². The van der Waals surface area contributed by atoms with Crippen LogP contribution in [0, 0.1) is 11.6 Å². The average molecular weight is 333 g/mol. The number of piperazine rings is 1. The van der Waals surface area contributed by atoms with Gasteiger partial charge in [0.05, 0.1) is 0 Å². The van der Waals surface area contributed by atoms with Gasteiger partial charge in [0.15, 0.2) is 4.90 Å². The molecule has 1 saturated heterocycles. The Bertz CT molecular complexity index is 582. The molecule has 0 aliphatic carbocycles. The second-order valence-corrected chi connectivity index (χ2v) is 7.15. The van der Waals surface area contributed by atoms with Crippen molar-refractivity contribution in [2.45, 2.75) is 11.3 Å². The first kappa shape index (κ1) is 17.3. The molecule has 1 aliphatic heterocycles. The molecule has 1 fully saturated rings. The molecule has 2 rings (SSSR count). The van der Waals surface area contributed by atoms with Crippen LogP contribution in [0.4, 0.5) is 8.78 Å². The van der Waals surface area contributed by atoms with Crippen LogP contribution >= 0.6 is 0 Å². The van der Waals surface area contributed by atoms with Crippen molar-refractivity contribution in [1.82, 2.24) is 14.5 Å². The fourth-order valence-corrected chi connectivity index (χ4v) is 3.60. The molecule has 5 nitrogen and oxygen atoms in total. The van der Waals surface area contributed by atoms with Gasteiger partial charge in [0, 0.05) is 32.7 Å². The van der Waals surface area contributed by atoms with E-state index in [0.29, 0.717) is 6.42 Å². The summed E-state index contributed by atoms with van der Waals surface area (Å²) in [4.78, 5) is 3.58. The molecule has 0 radical (unpaired) electrons. The van der Waals surface area contributed by atoms with E-state index in [1.54, 1.807) is 0 Å². The van der Waals surface area contributed by atoms with Gasteiger partial charge in [-0.3, -0.25) is 0 Å². The average Bonchev–Trinajstić information content (AvgIpc) is 2.45. The third kappa shape index (κ3) is 4.45. The largest absolute Gasteiger partial charge is 0.304 e. The lowest BCUT2D eigenvalue weighted by atomic mass is 10.3. The molecule has 8 heteroatoms. The van der Waals surface area contributed by atoms with Gasteiger partial charge in [-0.15, -0.1) is 0 Å². The molecule has 0 atom stereocenters. The topological polar surface area (TPSA) is 52.6 Å². The summed E-state index contributed by atoms with van der Waals surface area (Å²) in [6, 6.07) is 3.00. The third-order valence-electron chi connectivity index (χ3n) is 3.73. The van der Waals surface area contributed by atoms with Crippen molar-refractivity contribution in [3.63, 3.8) is 0 Å². The zero-order chi connectivity index (χ0) is 16.2. The SMILES string of the molecule is CN1CCN(CCCNS(=O)(=O)c2c(F)cccc2F)CC1. The Balaban J connectivity index is 1.83. The van der Waals surface area contributed by atoms with Crippen LogP contribution in [-0.4, -0.2) is 64.5 Å². The molecule has 0 spiro atoms. The summed E-state index contributed by atoms with van der Waals surface area (Å²) in [6.45, 7) is 4.80. The minimum Gasteiger partial charge on any atom is -0.304 e. The number of halogens is 2. The normalized spacial score (nSPS) is 17.8. The molecule has 0 aromatic heterocycles. The van der Waals surface area contributed by atoms with Crippen LogP contribution in [0.25, 0.3) is 0 Å². The van der Waals surface area contributed by atoms with Gasteiger partial charge < -0.3 is 9.80 Å². The van der Waals surface area contributed by atoms with E-state index in [2.05, 4.69) is 21.6 Å². The predicted molar refractivity (Wildman–Crippen MR) is 80.1 cm³/mol. The van der Waals surface area contributed by atoms with E-state index < -0.39 is 26.6 Å². The smallest absolute Gasteiger partial charge is 0.246 e. The van der Waals surface area contributed by atoms with Crippen molar-refractivity contribution in [1.29, 1.82) is 0 Å². The van der Waals surface area contributed by atoms with Gasteiger partial charge in [-0.1, -0.05) is 6.07 Å². The van der Waals surface area contributed by atoms with E-state index >= 15 is 0 Å². The van der Waals surface area contributed by atoms with Gasteiger partial charge >= 0.3 is 0 Å². The van der Waals surface area contributed by atoms with E-state index in [4.69, 9.17) is 0 Å². The molecule has 0 unspecified atom stereocenters. The standard InChI is InChI=1S/C14H21F2N3O2S/c1-18-8-10-19(11-9-18)7-3-6-17-22(20,21)14-12(15)4-2-5-13(14)16/h2,4-5,17H,3,6-11H2,1H3. The summed E-state index contributed by atoms with van der Waals surface area (Å²) in [5.74, 6) is -2.15.